The van der Waals surface area contributed by atoms with E-state index in [9.17, 15) is 0 Å². The van der Waals surface area contributed by atoms with Gasteiger partial charge in [0.05, 0.1) is 0 Å². The average Bonchev–Trinajstić information content (AvgIpc) is 2.98. The van der Waals surface area contributed by atoms with Gasteiger partial charge in [-0.25, -0.2) is 0 Å². The number of fused-ring (bicyclic) bond motifs is 1. The van der Waals surface area contributed by atoms with Gasteiger partial charge in [-0.05, 0) is 53.6 Å². The third-order valence-electron chi connectivity index (χ3n) is 8.47. The fraction of sp³-hybridized carbons (Fsp3) is 0.353. The first-order chi connectivity index (χ1) is 17.6. The van der Waals surface area contributed by atoms with Crippen LogP contribution in [0, 0.1) is 12.1 Å². The van der Waals surface area contributed by atoms with Crippen molar-refractivity contribution >= 4 is 0 Å². The molecule has 0 amide bonds. The minimum Gasteiger partial charge on any atom is -0.305 e. The fourth-order valence-corrected chi connectivity index (χ4v) is 5.83. The number of benzene rings is 2. The van der Waals surface area contributed by atoms with Gasteiger partial charge in [-0.15, -0.1) is 70.8 Å². The van der Waals surface area contributed by atoms with Crippen LogP contribution in [-0.2, 0) is 30.9 Å². The summed E-state index contributed by atoms with van der Waals surface area (Å²) < 4.78 is 0. The summed E-state index contributed by atoms with van der Waals surface area (Å²) in [4.78, 5) is 8.76. The molecular formula is C34H38IrN2-2. The van der Waals surface area contributed by atoms with E-state index in [1.807, 2.05) is 54.7 Å². The molecule has 2 aromatic heterocycles. The van der Waals surface area contributed by atoms with Crippen LogP contribution >= 0.6 is 0 Å². The van der Waals surface area contributed by atoms with Crippen LogP contribution in [0.15, 0.2) is 85.2 Å². The molecule has 0 saturated carbocycles. The largest absolute Gasteiger partial charge is 0.305 e. The minimum atomic E-state index is 0. The van der Waals surface area contributed by atoms with Crippen molar-refractivity contribution in [2.45, 2.75) is 77.0 Å². The average molecular weight is 667 g/mol. The first kappa shape index (κ1) is 29.0. The van der Waals surface area contributed by atoms with Crippen LogP contribution in [0.3, 0.4) is 0 Å². The van der Waals surface area contributed by atoms with Crippen LogP contribution < -0.4 is 0 Å². The zero-order valence-electron chi connectivity index (χ0n) is 22.6. The molecule has 1 aliphatic rings. The normalized spacial score (nSPS) is 14.9. The van der Waals surface area contributed by atoms with E-state index in [1.54, 1.807) is 17.3 Å². The van der Waals surface area contributed by atoms with Gasteiger partial charge in [0.25, 0.3) is 0 Å². The topological polar surface area (TPSA) is 25.8 Å². The Morgan fingerprint density at radius 1 is 0.649 bits per heavy atom. The van der Waals surface area contributed by atoms with E-state index in [2.05, 4.69) is 74.1 Å². The summed E-state index contributed by atoms with van der Waals surface area (Å²) in [7, 11) is 0. The number of rotatable bonds is 6. The Morgan fingerprint density at radius 3 is 1.68 bits per heavy atom. The maximum Gasteiger partial charge on any atom is 0.0160 e. The zero-order chi connectivity index (χ0) is 25.4. The Balaban J connectivity index is 0.000000246. The monoisotopic (exact) mass is 667 g/mol. The maximum absolute atomic E-state index is 4.54. The van der Waals surface area contributed by atoms with E-state index in [1.165, 1.54) is 38.5 Å². The van der Waals surface area contributed by atoms with E-state index in [4.69, 9.17) is 0 Å². The SMILES string of the molecule is CCC1(CC)CCC(CC)(CC)c2cc(-c3ccccn3)[c-]cc21.[Ir].[c-]1ccccc1-c1ccccn1. The van der Waals surface area contributed by atoms with Crippen molar-refractivity contribution in [3.63, 3.8) is 0 Å². The molecule has 1 radical (unpaired) electrons. The van der Waals surface area contributed by atoms with E-state index >= 15 is 0 Å². The standard InChI is InChI=1S/C23H30N.C11H8N.Ir/c1-5-22(6-2)14-15-23(7-3,8-4)20-17-18(12-13-19(20)22)21-11-9-10-16-24-21;1-2-6-10(7-3-1)11-8-4-5-9-12-11;/h9-11,13,16-17H,5-8,14-15H2,1-4H3;1-6,8-9H;/q2*-1;. The molecule has 0 fully saturated rings. The molecule has 0 unspecified atom stereocenters. The van der Waals surface area contributed by atoms with Crippen molar-refractivity contribution in [1.29, 1.82) is 0 Å². The van der Waals surface area contributed by atoms with E-state index in [0.717, 1.165) is 22.5 Å². The van der Waals surface area contributed by atoms with Crippen LogP contribution in [-0.4, -0.2) is 9.97 Å². The van der Waals surface area contributed by atoms with Gasteiger partial charge < -0.3 is 9.97 Å². The number of nitrogens with zero attached hydrogens (tertiary/aromatic N) is 2. The molecule has 2 heterocycles. The van der Waals surface area contributed by atoms with Crippen LogP contribution in [0.2, 0.25) is 0 Å². The van der Waals surface area contributed by atoms with Crippen molar-refractivity contribution in [2.75, 3.05) is 0 Å². The number of hydrogen-bond acceptors (Lipinski definition) is 2. The Morgan fingerprint density at radius 2 is 1.19 bits per heavy atom. The van der Waals surface area contributed by atoms with Crippen molar-refractivity contribution in [1.82, 2.24) is 9.97 Å². The Hall–Kier alpha value is -2.61. The number of pyridine rings is 2. The molecule has 37 heavy (non-hydrogen) atoms. The second-order valence-corrected chi connectivity index (χ2v) is 9.86. The molecule has 195 valence electrons. The molecule has 2 aromatic carbocycles. The molecule has 2 nitrogen and oxygen atoms in total. The summed E-state index contributed by atoms with van der Waals surface area (Å²) in [6.07, 6.45) is 11.1. The first-order valence-electron chi connectivity index (χ1n) is 13.5. The van der Waals surface area contributed by atoms with Crippen LogP contribution in [0.5, 0.6) is 0 Å². The van der Waals surface area contributed by atoms with Gasteiger partial charge in [0.1, 0.15) is 0 Å². The van der Waals surface area contributed by atoms with Crippen molar-refractivity contribution < 1.29 is 20.1 Å². The summed E-state index contributed by atoms with van der Waals surface area (Å²) in [6, 6.07) is 31.2. The van der Waals surface area contributed by atoms with Gasteiger partial charge in [0.15, 0.2) is 0 Å². The van der Waals surface area contributed by atoms with E-state index < -0.39 is 0 Å². The predicted octanol–water partition coefficient (Wildman–Crippen LogP) is 9.00. The van der Waals surface area contributed by atoms with Crippen molar-refractivity contribution in [3.8, 4) is 22.5 Å². The second kappa shape index (κ2) is 13.3. The van der Waals surface area contributed by atoms with Gasteiger partial charge in [-0.1, -0.05) is 71.2 Å². The summed E-state index contributed by atoms with van der Waals surface area (Å²) in [6.45, 7) is 9.42. The minimum absolute atomic E-state index is 0. The molecule has 0 bridgehead atoms. The summed E-state index contributed by atoms with van der Waals surface area (Å²) in [5.41, 5.74) is 7.97. The molecule has 4 aromatic rings. The van der Waals surface area contributed by atoms with Crippen molar-refractivity contribution in [2.24, 2.45) is 0 Å². The smallest absolute Gasteiger partial charge is 0.0160 e. The molecular weight excluding hydrogens is 629 g/mol. The summed E-state index contributed by atoms with van der Waals surface area (Å²) >= 11 is 0. The predicted molar refractivity (Wildman–Crippen MR) is 151 cm³/mol. The first-order valence-corrected chi connectivity index (χ1v) is 13.5. The zero-order valence-corrected chi connectivity index (χ0v) is 24.9. The van der Waals surface area contributed by atoms with Crippen LogP contribution in [0.1, 0.15) is 77.3 Å². The number of aromatic nitrogens is 2. The molecule has 0 N–H and O–H groups in total. The third-order valence-corrected chi connectivity index (χ3v) is 8.47. The third kappa shape index (κ3) is 6.11. The molecule has 0 saturated heterocycles. The quantitative estimate of drug-likeness (QED) is 0.192. The van der Waals surface area contributed by atoms with Gasteiger partial charge in [0.2, 0.25) is 0 Å². The van der Waals surface area contributed by atoms with Crippen molar-refractivity contribution in [3.05, 3.63) is 108 Å². The van der Waals surface area contributed by atoms with E-state index in [0.29, 0.717) is 10.8 Å². The molecule has 3 heteroatoms. The Kier molecular flexibility index (Phi) is 10.4. The fourth-order valence-electron chi connectivity index (χ4n) is 5.83. The van der Waals surface area contributed by atoms with Gasteiger partial charge in [-0.3, -0.25) is 0 Å². The van der Waals surface area contributed by atoms with Gasteiger partial charge in [0, 0.05) is 32.5 Å². The number of hydrogen-bond donors (Lipinski definition) is 0. The van der Waals surface area contributed by atoms with Gasteiger partial charge in [-0.2, -0.15) is 0 Å². The maximum atomic E-state index is 4.54. The van der Waals surface area contributed by atoms with Gasteiger partial charge >= 0.3 is 0 Å². The molecule has 0 aliphatic heterocycles. The molecule has 0 spiro atoms. The van der Waals surface area contributed by atoms with Crippen LogP contribution in [0.4, 0.5) is 0 Å². The Bertz CT molecular complexity index is 1180. The Labute approximate surface area is 237 Å². The molecule has 0 atom stereocenters. The molecule has 5 rings (SSSR count). The van der Waals surface area contributed by atoms with Crippen LogP contribution in [0.25, 0.3) is 22.5 Å². The molecule has 1 aliphatic carbocycles. The summed E-state index contributed by atoms with van der Waals surface area (Å²) in [5, 5.41) is 0. The second-order valence-electron chi connectivity index (χ2n) is 9.86. The summed E-state index contributed by atoms with van der Waals surface area (Å²) in [5.74, 6) is 0. The van der Waals surface area contributed by atoms with E-state index in [-0.39, 0.29) is 20.1 Å².